The van der Waals surface area contributed by atoms with Crippen LogP contribution in [0, 0.1) is 0 Å². The first kappa shape index (κ1) is 19.4. The minimum Gasteiger partial charge on any atom is -0.342 e. The minimum atomic E-state index is -0.315. The molecule has 1 atom stereocenters. The van der Waals surface area contributed by atoms with Gasteiger partial charge in [0.25, 0.3) is 0 Å². The van der Waals surface area contributed by atoms with Crippen LogP contribution in [0.1, 0.15) is 74.7 Å². The van der Waals surface area contributed by atoms with Crippen molar-refractivity contribution in [2.24, 2.45) is 0 Å². The van der Waals surface area contributed by atoms with Gasteiger partial charge in [-0.2, -0.15) is 4.89 Å². The van der Waals surface area contributed by atoms with Gasteiger partial charge in [0.1, 0.15) is 11.4 Å². The Bertz CT molecular complexity index is 284. The molecule has 0 saturated heterocycles. The van der Waals surface area contributed by atoms with Gasteiger partial charge in [-0.3, -0.25) is 0 Å². The zero-order valence-electron chi connectivity index (χ0n) is 14.4. The molecule has 0 N–H and O–H groups in total. The molecule has 4 heteroatoms. The zero-order chi connectivity index (χ0) is 15.8. The molecule has 0 bridgehead atoms. The Kier molecular flexibility index (Phi) is 8.40. The van der Waals surface area contributed by atoms with E-state index in [1.54, 1.807) is 0 Å². The van der Waals surface area contributed by atoms with Gasteiger partial charge >= 0.3 is 0 Å². The molecule has 0 aromatic rings. The molecule has 120 valence electrons. The molecule has 4 nitrogen and oxygen atoms in total. The Morgan fingerprint density at radius 3 is 2.00 bits per heavy atom. The monoisotopic (exact) mass is 288 g/mol. The summed E-state index contributed by atoms with van der Waals surface area (Å²) in [6.07, 6.45) is 4.53. The number of rotatable bonds is 8. The highest BCUT2D eigenvalue weighted by Crippen LogP contribution is 2.18. The van der Waals surface area contributed by atoms with Gasteiger partial charge in [0.2, 0.25) is 0 Å². The van der Waals surface area contributed by atoms with Crippen LogP contribution in [0.3, 0.4) is 0 Å². The lowest BCUT2D eigenvalue weighted by atomic mass is 10.2. The third-order valence-electron chi connectivity index (χ3n) is 2.09. The Hall–Kier alpha value is -0.580. The largest absolute Gasteiger partial charge is 0.342 e. The van der Waals surface area contributed by atoms with Gasteiger partial charge in [-0.25, -0.2) is 9.78 Å². The lowest BCUT2D eigenvalue weighted by Crippen LogP contribution is -2.23. The topological polar surface area (TPSA) is 36.9 Å². The molecule has 20 heavy (non-hydrogen) atoms. The molecule has 0 aliphatic heterocycles. The van der Waals surface area contributed by atoms with Crippen molar-refractivity contribution in [3.05, 3.63) is 11.8 Å². The van der Waals surface area contributed by atoms with Crippen molar-refractivity contribution in [1.29, 1.82) is 0 Å². The SMILES string of the molecule is CCC=C(CCC(C)OOC(C)(C)C)OOC(C)(C)C. The van der Waals surface area contributed by atoms with Gasteiger partial charge in [0, 0.05) is 6.42 Å². The van der Waals surface area contributed by atoms with E-state index in [1.807, 2.05) is 54.5 Å². The van der Waals surface area contributed by atoms with E-state index in [-0.39, 0.29) is 17.3 Å². The van der Waals surface area contributed by atoms with E-state index in [0.717, 1.165) is 25.0 Å². The van der Waals surface area contributed by atoms with E-state index in [0.29, 0.717) is 0 Å². The Balaban J connectivity index is 4.12. The summed E-state index contributed by atoms with van der Waals surface area (Å²) in [6, 6.07) is 0. The second kappa shape index (κ2) is 8.65. The summed E-state index contributed by atoms with van der Waals surface area (Å²) in [5.74, 6) is 0.841. The van der Waals surface area contributed by atoms with E-state index in [4.69, 9.17) is 19.6 Å². The van der Waals surface area contributed by atoms with Gasteiger partial charge < -0.3 is 4.89 Å². The summed E-state index contributed by atoms with van der Waals surface area (Å²) in [6.45, 7) is 15.8. The molecule has 0 fully saturated rings. The maximum atomic E-state index is 5.41. The van der Waals surface area contributed by atoms with E-state index in [1.165, 1.54) is 0 Å². The summed E-state index contributed by atoms with van der Waals surface area (Å²) < 4.78 is 0. The average Bonchev–Trinajstić information content (AvgIpc) is 2.28. The van der Waals surface area contributed by atoms with E-state index in [9.17, 15) is 0 Å². The molecule has 0 aromatic carbocycles. The molecule has 0 spiro atoms. The van der Waals surface area contributed by atoms with Gasteiger partial charge in [-0.15, -0.1) is 0 Å². The van der Waals surface area contributed by atoms with Crippen molar-refractivity contribution in [2.45, 2.75) is 92.0 Å². The fourth-order valence-electron chi connectivity index (χ4n) is 1.20. The average molecular weight is 288 g/mol. The maximum absolute atomic E-state index is 5.41. The molecule has 0 saturated carbocycles. The fourth-order valence-corrected chi connectivity index (χ4v) is 1.20. The van der Waals surface area contributed by atoms with Crippen molar-refractivity contribution < 1.29 is 19.6 Å². The van der Waals surface area contributed by atoms with Crippen LogP contribution < -0.4 is 0 Å². The molecule has 0 radical (unpaired) electrons. The third kappa shape index (κ3) is 12.5. The number of hydrogen-bond acceptors (Lipinski definition) is 4. The van der Waals surface area contributed by atoms with E-state index in [2.05, 4.69) is 6.92 Å². The summed E-state index contributed by atoms with van der Waals surface area (Å²) >= 11 is 0. The van der Waals surface area contributed by atoms with E-state index < -0.39 is 0 Å². The van der Waals surface area contributed by atoms with Crippen molar-refractivity contribution in [3.8, 4) is 0 Å². The quantitative estimate of drug-likeness (QED) is 0.360. The van der Waals surface area contributed by atoms with Gasteiger partial charge in [0.15, 0.2) is 0 Å². The van der Waals surface area contributed by atoms with Crippen molar-refractivity contribution in [1.82, 2.24) is 0 Å². The summed E-state index contributed by atoms with van der Waals surface area (Å²) in [5, 5.41) is 0. The first-order chi connectivity index (χ1) is 9.03. The zero-order valence-corrected chi connectivity index (χ0v) is 14.4. The first-order valence-corrected chi connectivity index (χ1v) is 7.42. The molecule has 0 aliphatic rings. The molecule has 0 aliphatic carbocycles. The molecular formula is C16H32O4. The summed E-state index contributed by atoms with van der Waals surface area (Å²) in [5.41, 5.74) is -0.605. The number of hydrogen-bond donors (Lipinski definition) is 0. The lowest BCUT2D eigenvalue weighted by Gasteiger charge is -2.22. The fraction of sp³-hybridized carbons (Fsp3) is 0.875. The molecular weight excluding hydrogens is 256 g/mol. The van der Waals surface area contributed by atoms with Gasteiger partial charge in [0.05, 0.1) is 11.7 Å². The van der Waals surface area contributed by atoms with Gasteiger partial charge in [-0.1, -0.05) is 6.92 Å². The molecule has 1 unspecified atom stereocenters. The Labute approximate surface area is 124 Å². The van der Waals surface area contributed by atoms with Gasteiger partial charge in [-0.05, 0) is 67.4 Å². The molecule has 0 rings (SSSR count). The van der Waals surface area contributed by atoms with Crippen LogP contribution in [0.2, 0.25) is 0 Å². The van der Waals surface area contributed by atoms with Crippen molar-refractivity contribution in [3.63, 3.8) is 0 Å². The van der Waals surface area contributed by atoms with Crippen LogP contribution in [0.5, 0.6) is 0 Å². The molecule has 0 amide bonds. The van der Waals surface area contributed by atoms with Crippen LogP contribution in [0.25, 0.3) is 0 Å². The second-order valence-corrected chi connectivity index (χ2v) is 7.00. The number of allylic oxidation sites excluding steroid dienone is 2. The highest BCUT2D eigenvalue weighted by Gasteiger charge is 2.16. The predicted octanol–water partition coefficient (Wildman–Crippen LogP) is 4.94. The summed E-state index contributed by atoms with van der Waals surface area (Å²) in [4.78, 5) is 21.4. The second-order valence-electron chi connectivity index (χ2n) is 7.00. The predicted molar refractivity (Wildman–Crippen MR) is 80.9 cm³/mol. The van der Waals surface area contributed by atoms with Crippen LogP contribution >= 0.6 is 0 Å². The standard InChI is InChI=1S/C16H32O4/c1-9-10-14(18-20-16(6,7)8)12-11-13(2)17-19-15(3,4)5/h10,13H,9,11-12H2,1-8H3. The van der Waals surface area contributed by atoms with Crippen LogP contribution in [-0.4, -0.2) is 17.3 Å². The minimum absolute atomic E-state index is 0.00715. The lowest BCUT2D eigenvalue weighted by molar-refractivity contribution is -0.371. The van der Waals surface area contributed by atoms with E-state index >= 15 is 0 Å². The summed E-state index contributed by atoms with van der Waals surface area (Å²) in [7, 11) is 0. The van der Waals surface area contributed by atoms with Crippen LogP contribution in [-0.2, 0) is 19.6 Å². The highest BCUT2D eigenvalue weighted by atomic mass is 17.2. The van der Waals surface area contributed by atoms with Crippen molar-refractivity contribution >= 4 is 0 Å². The van der Waals surface area contributed by atoms with Crippen LogP contribution in [0.15, 0.2) is 11.8 Å². The molecule has 0 aromatic heterocycles. The highest BCUT2D eigenvalue weighted by molar-refractivity contribution is 4.91. The first-order valence-electron chi connectivity index (χ1n) is 7.42. The van der Waals surface area contributed by atoms with Crippen LogP contribution in [0.4, 0.5) is 0 Å². The molecule has 0 heterocycles. The maximum Gasteiger partial charge on any atom is 0.138 e. The Morgan fingerprint density at radius 1 is 1.00 bits per heavy atom. The Morgan fingerprint density at radius 2 is 1.55 bits per heavy atom. The smallest absolute Gasteiger partial charge is 0.138 e. The van der Waals surface area contributed by atoms with Crippen molar-refractivity contribution in [2.75, 3.05) is 0 Å². The normalized spacial score (nSPS) is 15.3. The third-order valence-corrected chi connectivity index (χ3v) is 2.09.